The highest BCUT2D eigenvalue weighted by Crippen LogP contribution is 2.22. The quantitative estimate of drug-likeness (QED) is 0.615. The summed E-state index contributed by atoms with van der Waals surface area (Å²) in [7, 11) is 0. The molecule has 6 nitrogen and oxygen atoms in total. The number of ether oxygens (including phenoxy) is 1. The summed E-state index contributed by atoms with van der Waals surface area (Å²) in [4.78, 5) is 21.4. The number of carbonyl (C=O) groups is 1. The number of piperazine rings is 1. The van der Waals surface area contributed by atoms with E-state index in [1.54, 1.807) is 6.07 Å². The average molecular weight is 431 g/mol. The van der Waals surface area contributed by atoms with Crippen LogP contribution in [0, 0.1) is 6.92 Å². The zero-order valence-electron chi connectivity index (χ0n) is 17.9. The number of rotatable bonds is 9. The van der Waals surface area contributed by atoms with E-state index in [4.69, 9.17) is 16.3 Å². The van der Waals surface area contributed by atoms with Crippen LogP contribution in [0.15, 0.2) is 36.5 Å². The molecular weight excluding hydrogens is 400 g/mol. The maximum absolute atomic E-state index is 12.1. The van der Waals surface area contributed by atoms with Crippen LogP contribution < -0.4 is 15.0 Å². The number of amides is 1. The minimum atomic E-state index is 0.0196. The molecule has 0 aliphatic carbocycles. The van der Waals surface area contributed by atoms with Crippen molar-refractivity contribution in [3.8, 4) is 5.75 Å². The van der Waals surface area contributed by atoms with Gasteiger partial charge in [0.2, 0.25) is 5.91 Å². The lowest BCUT2D eigenvalue weighted by Crippen LogP contribution is -2.46. The molecule has 0 bridgehead atoms. The minimum Gasteiger partial charge on any atom is -0.493 e. The van der Waals surface area contributed by atoms with Gasteiger partial charge in [0, 0.05) is 50.4 Å². The second-order valence-corrected chi connectivity index (χ2v) is 8.02. The molecule has 162 valence electrons. The Morgan fingerprint density at radius 2 is 2.00 bits per heavy atom. The van der Waals surface area contributed by atoms with Gasteiger partial charge in [-0.15, -0.1) is 0 Å². The monoisotopic (exact) mass is 430 g/mol. The lowest BCUT2D eigenvalue weighted by molar-refractivity contribution is -0.121. The topological polar surface area (TPSA) is 57.7 Å². The van der Waals surface area contributed by atoms with Gasteiger partial charge >= 0.3 is 0 Å². The maximum Gasteiger partial charge on any atom is 0.220 e. The van der Waals surface area contributed by atoms with Crippen molar-refractivity contribution in [2.45, 2.75) is 33.2 Å². The van der Waals surface area contributed by atoms with Gasteiger partial charge in [0.1, 0.15) is 11.6 Å². The third-order valence-electron chi connectivity index (χ3n) is 5.39. The number of carbonyl (C=O) groups excluding carboxylic acids is 1. The molecule has 2 aromatic rings. The Morgan fingerprint density at radius 3 is 2.67 bits per heavy atom. The van der Waals surface area contributed by atoms with E-state index < -0.39 is 0 Å². The minimum absolute atomic E-state index is 0.0196. The van der Waals surface area contributed by atoms with Crippen molar-refractivity contribution in [3.05, 3.63) is 52.7 Å². The first-order valence-electron chi connectivity index (χ1n) is 10.6. The number of aryl methyl sites for hydroxylation is 1. The van der Waals surface area contributed by atoms with Gasteiger partial charge in [-0.05, 0) is 55.3 Å². The fraction of sp³-hybridized carbons (Fsp3) is 0.478. The molecule has 0 unspecified atom stereocenters. The first-order valence-corrected chi connectivity index (χ1v) is 11.0. The number of aromatic nitrogens is 1. The fourth-order valence-corrected chi connectivity index (χ4v) is 3.71. The molecule has 1 N–H and O–H groups in total. The molecule has 1 aliphatic rings. The Kier molecular flexibility index (Phi) is 8.34. The highest BCUT2D eigenvalue weighted by atomic mass is 35.5. The Morgan fingerprint density at radius 1 is 1.20 bits per heavy atom. The molecule has 1 amide bonds. The van der Waals surface area contributed by atoms with E-state index in [9.17, 15) is 4.79 Å². The van der Waals surface area contributed by atoms with Crippen molar-refractivity contribution >= 4 is 23.3 Å². The molecule has 7 heteroatoms. The Labute approximate surface area is 184 Å². The third kappa shape index (κ3) is 6.61. The molecule has 0 atom stereocenters. The van der Waals surface area contributed by atoms with E-state index in [0.717, 1.165) is 55.4 Å². The van der Waals surface area contributed by atoms with Gasteiger partial charge in [-0.1, -0.05) is 24.6 Å². The molecule has 1 saturated heterocycles. The summed E-state index contributed by atoms with van der Waals surface area (Å²) in [6, 6.07) is 9.62. The average Bonchev–Trinajstić information content (AvgIpc) is 2.77. The predicted octanol–water partition coefficient (Wildman–Crippen LogP) is 3.66. The Balaban J connectivity index is 1.34. The summed E-state index contributed by atoms with van der Waals surface area (Å²) < 4.78 is 5.73. The number of pyridine rings is 1. The zero-order chi connectivity index (χ0) is 21.3. The highest BCUT2D eigenvalue weighted by molar-refractivity contribution is 6.30. The summed E-state index contributed by atoms with van der Waals surface area (Å²) in [6.07, 6.45) is 2.95. The summed E-state index contributed by atoms with van der Waals surface area (Å²) in [5, 5.41) is 3.65. The number of hydrogen-bond acceptors (Lipinski definition) is 5. The van der Waals surface area contributed by atoms with E-state index in [1.165, 1.54) is 0 Å². The smallest absolute Gasteiger partial charge is 0.220 e. The first kappa shape index (κ1) is 22.4. The van der Waals surface area contributed by atoms with E-state index in [1.807, 2.05) is 37.4 Å². The molecule has 1 aromatic heterocycles. The van der Waals surface area contributed by atoms with E-state index in [0.29, 0.717) is 31.0 Å². The largest absolute Gasteiger partial charge is 0.493 e. The molecule has 2 heterocycles. The number of nitrogens with one attached hydrogen (secondary N) is 1. The summed E-state index contributed by atoms with van der Waals surface area (Å²) in [5.41, 5.74) is 2.00. The molecule has 1 aliphatic heterocycles. The van der Waals surface area contributed by atoms with Crippen molar-refractivity contribution < 1.29 is 9.53 Å². The van der Waals surface area contributed by atoms with Crippen molar-refractivity contribution in [2.24, 2.45) is 0 Å². The zero-order valence-corrected chi connectivity index (χ0v) is 18.6. The second kappa shape index (κ2) is 11.2. The van der Waals surface area contributed by atoms with Crippen molar-refractivity contribution in [3.63, 3.8) is 0 Å². The third-order valence-corrected chi connectivity index (χ3v) is 5.62. The maximum atomic E-state index is 12.1. The standard InChI is InChI=1S/C23H31ClN4O2/c1-3-27-10-12-28(13-11-27)22-9-6-19(16-25-22)17-26-23(29)5-4-14-30-21-8-7-20(24)15-18(21)2/h6-9,15-16H,3-5,10-14,17H2,1-2H3,(H,26,29). The van der Waals surface area contributed by atoms with Gasteiger partial charge in [0.25, 0.3) is 0 Å². The Bertz CT molecular complexity index is 820. The van der Waals surface area contributed by atoms with Gasteiger partial charge in [-0.3, -0.25) is 4.79 Å². The van der Waals surface area contributed by atoms with Crippen LogP contribution in [0.5, 0.6) is 5.75 Å². The van der Waals surface area contributed by atoms with Gasteiger partial charge in [-0.2, -0.15) is 0 Å². The van der Waals surface area contributed by atoms with Crippen molar-refractivity contribution in [2.75, 3.05) is 44.2 Å². The SMILES string of the molecule is CCN1CCN(c2ccc(CNC(=O)CCCOc3ccc(Cl)cc3C)cn2)CC1. The first-order chi connectivity index (χ1) is 14.5. The number of benzene rings is 1. The van der Waals surface area contributed by atoms with Crippen LogP contribution in [0.4, 0.5) is 5.82 Å². The van der Waals surface area contributed by atoms with Gasteiger partial charge in [-0.25, -0.2) is 4.98 Å². The van der Waals surface area contributed by atoms with E-state index >= 15 is 0 Å². The molecule has 3 rings (SSSR count). The number of hydrogen-bond donors (Lipinski definition) is 1. The molecule has 30 heavy (non-hydrogen) atoms. The number of likely N-dealkylation sites (N-methyl/N-ethyl adjacent to an activating group) is 1. The molecule has 0 spiro atoms. The molecule has 1 fully saturated rings. The van der Waals surface area contributed by atoms with E-state index in [-0.39, 0.29) is 5.91 Å². The number of halogens is 1. The van der Waals surface area contributed by atoms with Crippen LogP contribution in [0.1, 0.15) is 30.9 Å². The van der Waals surface area contributed by atoms with Crippen LogP contribution in [-0.2, 0) is 11.3 Å². The summed E-state index contributed by atoms with van der Waals surface area (Å²) in [6.45, 7) is 10.4. The molecule has 0 radical (unpaired) electrons. The van der Waals surface area contributed by atoms with Crippen LogP contribution in [0.3, 0.4) is 0 Å². The predicted molar refractivity (Wildman–Crippen MR) is 121 cm³/mol. The van der Waals surface area contributed by atoms with Crippen molar-refractivity contribution in [1.82, 2.24) is 15.2 Å². The van der Waals surface area contributed by atoms with Crippen LogP contribution in [0.25, 0.3) is 0 Å². The fourth-order valence-electron chi connectivity index (χ4n) is 3.48. The summed E-state index contributed by atoms with van der Waals surface area (Å²) in [5.74, 6) is 1.84. The molecule has 0 saturated carbocycles. The van der Waals surface area contributed by atoms with Crippen LogP contribution in [0.2, 0.25) is 5.02 Å². The Hall–Kier alpha value is -2.31. The van der Waals surface area contributed by atoms with Gasteiger partial charge in [0.15, 0.2) is 0 Å². The summed E-state index contributed by atoms with van der Waals surface area (Å²) >= 11 is 5.95. The lowest BCUT2D eigenvalue weighted by atomic mass is 10.2. The number of anilines is 1. The molecule has 1 aromatic carbocycles. The van der Waals surface area contributed by atoms with Crippen LogP contribution >= 0.6 is 11.6 Å². The van der Waals surface area contributed by atoms with Gasteiger partial charge < -0.3 is 19.9 Å². The van der Waals surface area contributed by atoms with Crippen LogP contribution in [-0.4, -0.2) is 55.1 Å². The molecular formula is C23H31ClN4O2. The van der Waals surface area contributed by atoms with Gasteiger partial charge in [0.05, 0.1) is 6.61 Å². The highest BCUT2D eigenvalue weighted by Gasteiger charge is 2.16. The van der Waals surface area contributed by atoms with Crippen molar-refractivity contribution in [1.29, 1.82) is 0 Å². The normalized spacial score (nSPS) is 14.6. The lowest BCUT2D eigenvalue weighted by Gasteiger charge is -2.34. The second-order valence-electron chi connectivity index (χ2n) is 7.58. The number of nitrogens with zero attached hydrogens (tertiary/aromatic N) is 3. The van der Waals surface area contributed by atoms with E-state index in [2.05, 4.69) is 27.0 Å².